The molecule has 98 valence electrons. The van der Waals surface area contributed by atoms with Crippen molar-refractivity contribution in [3.63, 3.8) is 0 Å². The van der Waals surface area contributed by atoms with Crippen molar-refractivity contribution < 1.29 is 18.7 Å². The van der Waals surface area contributed by atoms with Gasteiger partial charge in [0.1, 0.15) is 11.6 Å². The van der Waals surface area contributed by atoms with Gasteiger partial charge in [0, 0.05) is 0 Å². The number of carboxylic acid groups (broad SMARTS) is 1. The highest BCUT2D eigenvalue weighted by molar-refractivity contribution is 5.76. The zero-order valence-electron chi connectivity index (χ0n) is 10.0. The molecule has 0 saturated carbocycles. The number of hydrogen-bond acceptors (Lipinski definition) is 1. The number of carbonyl (C=O) groups is 1. The van der Waals surface area contributed by atoms with Gasteiger partial charge >= 0.3 is 5.97 Å². The van der Waals surface area contributed by atoms with E-state index in [1.165, 1.54) is 36.4 Å². The largest absolute Gasteiger partial charge is 0.481 e. The molecule has 0 aliphatic heterocycles. The normalized spacial score (nSPS) is 12.1. The lowest BCUT2D eigenvalue weighted by molar-refractivity contribution is -0.138. The molecule has 0 fully saturated rings. The highest BCUT2D eigenvalue weighted by Crippen LogP contribution is 2.22. The van der Waals surface area contributed by atoms with Crippen LogP contribution in [0.1, 0.15) is 17.0 Å². The Hall–Kier alpha value is -2.23. The second kappa shape index (κ2) is 5.61. The van der Waals surface area contributed by atoms with E-state index in [-0.39, 0.29) is 6.42 Å². The molecule has 0 radical (unpaired) electrons. The first-order chi connectivity index (χ1) is 9.06. The Kier molecular flexibility index (Phi) is 3.90. The Labute approximate surface area is 109 Å². The predicted molar refractivity (Wildman–Crippen MR) is 66.9 cm³/mol. The predicted octanol–water partition coefficient (Wildman–Crippen LogP) is 3.38. The first kappa shape index (κ1) is 13.2. The minimum absolute atomic E-state index is 0.122. The van der Waals surface area contributed by atoms with Crippen LogP contribution in [0.2, 0.25) is 0 Å². The third-order valence-electron chi connectivity index (χ3n) is 2.88. The van der Waals surface area contributed by atoms with Crippen molar-refractivity contribution in [1.29, 1.82) is 0 Å². The molecule has 2 rings (SSSR count). The molecule has 0 spiro atoms. The molecule has 0 aromatic heterocycles. The van der Waals surface area contributed by atoms with Gasteiger partial charge in [-0.15, -0.1) is 0 Å². The van der Waals surface area contributed by atoms with Crippen molar-refractivity contribution >= 4 is 5.97 Å². The second-order valence-electron chi connectivity index (χ2n) is 4.28. The molecular formula is C15H12F2O2. The molecule has 0 heterocycles. The molecule has 0 amide bonds. The van der Waals surface area contributed by atoms with Crippen molar-refractivity contribution in [2.24, 2.45) is 0 Å². The summed E-state index contributed by atoms with van der Waals surface area (Å²) in [6.45, 7) is 0. The summed E-state index contributed by atoms with van der Waals surface area (Å²) in [5.74, 6) is -2.85. The number of rotatable bonds is 4. The van der Waals surface area contributed by atoms with Crippen LogP contribution in [0, 0.1) is 11.6 Å². The van der Waals surface area contributed by atoms with Gasteiger partial charge in [-0.2, -0.15) is 0 Å². The van der Waals surface area contributed by atoms with Crippen LogP contribution in [0.25, 0.3) is 0 Å². The van der Waals surface area contributed by atoms with E-state index < -0.39 is 23.5 Å². The molecule has 1 N–H and O–H groups in total. The summed E-state index contributed by atoms with van der Waals surface area (Å²) in [5, 5.41) is 9.23. The van der Waals surface area contributed by atoms with Gasteiger partial charge in [0.15, 0.2) is 0 Å². The van der Waals surface area contributed by atoms with E-state index in [4.69, 9.17) is 0 Å². The van der Waals surface area contributed by atoms with E-state index in [2.05, 4.69) is 0 Å². The zero-order valence-corrected chi connectivity index (χ0v) is 10.0. The molecule has 0 aliphatic rings. The van der Waals surface area contributed by atoms with Crippen LogP contribution in [0.5, 0.6) is 0 Å². The number of hydrogen-bond donors (Lipinski definition) is 1. The molecule has 2 nitrogen and oxygen atoms in total. The van der Waals surface area contributed by atoms with Crippen molar-refractivity contribution in [2.75, 3.05) is 0 Å². The van der Waals surface area contributed by atoms with Gasteiger partial charge in [-0.05, 0) is 41.8 Å². The average molecular weight is 262 g/mol. The fraction of sp³-hybridized carbons (Fsp3) is 0.133. The van der Waals surface area contributed by atoms with E-state index >= 15 is 0 Å². The summed E-state index contributed by atoms with van der Waals surface area (Å²) >= 11 is 0. The van der Waals surface area contributed by atoms with Crippen LogP contribution in [-0.4, -0.2) is 11.1 Å². The number of benzene rings is 2. The molecule has 19 heavy (non-hydrogen) atoms. The number of halogens is 2. The second-order valence-corrected chi connectivity index (χ2v) is 4.28. The highest BCUT2D eigenvalue weighted by atomic mass is 19.1. The lowest BCUT2D eigenvalue weighted by Gasteiger charge is -2.13. The van der Waals surface area contributed by atoms with E-state index in [9.17, 15) is 18.7 Å². The van der Waals surface area contributed by atoms with Crippen molar-refractivity contribution in [1.82, 2.24) is 0 Å². The number of carboxylic acids is 1. The first-order valence-corrected chi connectivity index (χ1v) is 5.79. The van der Waals surface area contributed by atoms with Crippen LogP contribution in [0.4, 0.5) is 8.78 Å². The van der Waals surface area contributed by atoms with Crippen LogP contribution in [-0.2, 0) is 11.2 Å². The molecule has 2 aromatic rings. The molecule has 0 bridgehead atoms. The lowest BCUT2D eigenvalue weighted by Crippen LogP contribution is -2.14. The Balaban J connectivity index is 2.29. The van der Waals surface area contributed by atoms with E-state index in [1.807, 2.05) is 0 Å². The molecule has 4 heteroatoms. The summed E-state index contributed by atoms with van der Waals surface area (Å²) in [4.78, 5) is 11.3. The maximum absolute atomic E-state index is 13.1. The first-order valence-electron chi connectivity index (χ1n) is 5.79. The van der Waals surface area contributed by atoms with Gasteiger partial charge < -0.3 is 5.11 Å². The maximum atomic E-state index is 13.1. The van der Waals surface area contributed by atoms with E-state index in [1.54, 1.807) is 12.1 Å². The average Bonchev–Trinajstić information content (AvgIpc) is 2.35. The van der Waals surface area contributed by atoms with Gasteiger partial charge in [-0.3, -0.25) is 4.79 Å². The maximum Gasteiger partial charge on any atom is 0.311 e. The highest BCUT2D eigenvalue weighted by Gasteiger charge is 2.20. The third kappa shape index (κ3) is 3.37. The Morgan fingerprint density at radius 1 is 1.05 bits per heavy atom. The van der Waals surface area contributed by atoms with Crippen LogP contribution < -0.4 is 0 Å². The Bertz CT molecular complexity index is 596. The quantitative estimate of drug-likeness (QED) is 0.917. The van der Waals surface area contributed by atoms with Crippen molar-refractivity contribution in [3.05, 3.63) is 71.3 Å². The monoisotopic (exact) mass is 262 g/mol. The minimum atomic E-state index is -1.06. The SMILES string of the molecule is O=C(O)[C@H](Cc1cccc(F)c1)c1cccc(F)c1. The minimum Gasteiger partial charge on any atom is -0.481 e. The van der Waals surface area contributed by atoms with Crippen molar-refractivity contribution in [3.8, 4) is 0 Å². The summed E-state index contributed by atoms with van der Waals surface area (Å²) < 4.78 is 26.2. The van der Waals surface area contributed by atoms with Crippen LogP contribution >= 0.6 is 0 Å². The fourth-order valence-corrected chi connectivity index (χ4v) is 1.97. The summed E-state index contributed by atoms with van der Waals surface area (Å²) in [7, 11) is 0. The van der Waals surface area contributed by atoms with E-state index in [0.717, 1.165) is 0 Å². The molecule has 0 aliphatic carbocycles. The smallest absolute Gasteiger partial charge is 0.311 e. The van der Waals surface area contributed by atoms with E-state index in [0.29, 0.717) is 11.1 Å². The van der Waals surface area contributed by atoms with Gasteiger partial charge in [0.2, 0.25) is 0 Å². The Morgan fingerprint density at radius 2 is 1.68 bits per heavy atom. The van der Waals surface area contributed by atoms with Gasteiger partial charge in [-0.25, -0.2) is 8.78 Å². The fourth-order valence-electron chi connectivity index (χ4n) is 1.97. The topological polar surface area (TPSA) is 37.3 Å². The third-order valence-corrected chi connectivity index (χ3v) is 2.88. The molecule has 0 unspecified atom stereocenters. The molecule has 2 aromatic carbocycles. The van der Waals surface area contributed by atoms with Gasteiger partial charge in [0.05, 0.1) is 5.92 Å². The standard InChI is InChI=1S/C15H12F2O2/c16-12-5-1-3-10(7-12)8-14(15(18)19)11-4-2-6-13(17)9-11/h1-7,9,14H,8H2,(H,18,19)/t14-/m1/s1. The summed E-state index contributed by atoms with van der Waals surface area (Å²) in [6, 6.07) is 11.2. The van der Waals surface area contributed by atoms with Crippen molar-refractivity contribution in [2.45, 2.75) is 12.3 Å². The molecule has 1 atom stereocenters. The van der Waals surface area contributed by atoms with Gasteiger partial charge in [-0.1, -0.05) is 24.3 Å². The zero-order chi connectivity index (χ0) is 13.8. The van der Waals surface area contributed by atoms with Crippen LogP contribution in [0.15, 0.2) is 48.5 Å². The number of aliphatic carboxylic acids is 1. The van der Waals surface area contributed by atoms with Crippen LogP contribution in [0.3, 0.4) is 0 Å². The summed E-state index contributed by atoms with van der Waals surface area (Å²) in [5.41, 5.74) is 0.938. The lowest BCUT2D eigenvalue weighted by atomic mass is 9.92. The summed E-state index contributed by atoms with van der Waals surface area (Å²) in [6.07, 6.45) is 0.122. The van der Waals surface area contributed by atoms with Gasteiger partial charge in [0.25, 0.3) is 0 Å². The Morgan fingerprint density at radius 3 is 2.26 bits per heavy atom. The molecule has 0 saturated heterocycles. The molecular weight excluding hydrogens is 250 g/mol.